The normalized spacial score (nSPS) is 10.6. The lowest BCUT2D eigenvalue weighted by molar-refractivity contribution is 0.287. The number of nitrogens with zero attached hydrogens (tertiary/aromatic N) is 2. The van der Waals surface area contributed by atoms with Crippen LogP contribution in [0.1, 0.15) is 5.56 Å². The third-order valence-electron chi connectivity index (χ3n) is 2.82. The van der Waals surface area contributed by atoms with Gasteiger partial charge in [0.15, 0.2) is 5.75 Å². The van der Waals surface area contributed by atoms with E-state index < -0.39 is 5.95 Å². The van der Waals surface area contributed by atoms with E-state index in [1.54, 1.807) is 18.3 Å². The number of benzene rings is 1. The Morgan fingerprint density at radius 3 is 2.63 bits per heavy atom. The van der Waals surface area contributed by atoms with Crippen LogP contribution in [0.4, 0.5) is 4.39 Å². The number of aromatic nitrogens is 2. The molecule has 0 spiro atoms. The highest BCUT2D eigenvalue weighted by atomic mass is 19.1. The summed E-state index contributed by atoms with van der Waals surface area (Å²) in [7, 11) is 0. The van der Waals surface area contributed by atoms with Crippen LogP contribution in [0.5, 0.6) is 5.75 Å². The standard InChI is InChI=1S/C15H11FN2O/c16-15-13(7-3-9-18-15)19-10-12-5-1-4-11-6-2-8-17-14(11)12/h1-9H,10H2. The van der Waals surface area contributed by atoms with E-state index in [1.165, 1.54) is 6.20 Å². The molecule has 1 aromatic carbocycles. The zero-order valence-corrected chi connectivity index (χ0v) is 10.1. The highest BCUT2D eigenvalue weighted by Crippen LogP contribution is 2.19. The van der Waals surface area contributed by atoms with E-state index in [1.807, 2.05) is 30.3 Å². The van der Waals surface area contributed by atoms with Crippen LogP contribution in [-0.2, 0) is 6.61 Å². The Balaban J connectivity index is 1.88. The number of rotatable bonds is 3. The Labute approximate surface area is 109 Å². The zero-order chi connectivity index (χ0) is 13.1. The monoisotopic (exact) mass is 254 g/mol. The SMILES string of the molecule is Fc1ncccc1OCc1cccc2cccnc12. The summed E-state index contributed by atoms with van der Waals surface area (Å²) in [6.07, 6.45) is 3.12. The minimum absolute atomic E-state index is 0.149. The second-order valence-electron chi connectivity index (χ2n) is 4.07. The number of para-hydroxylation sites is 1. The smallest absolute Gasteiger partial charge is 0.255 e. The minimum Gasteiger partial charge on any atom is -0.484 e. The van der Waals surface area contributed by atoms with Crippen molar-refractivity contribution in [2.24, 2.45) is 0 Å². The first-order valence-electron chi connectivity index (χ1n) is 5.90. The first-order valence-corrected chi connectivity index (χ1v) is 5.90. The molecule has 0 fully saturated rings. The Bertz CT molecular complexity index is 710. The summed E-state index contributed by atoms with van der Waals surface area (Å²) in [6.45, 7) is 0.261. The third-order valence-corrected chi connectivity index (χ3v) is 2.82. The molecule has 0 N–H and O–H groups in total. The second-order valence-corrected chi connectivity index (χ2v) is 4.07. The van der Waals surface area contributed by atoms with Crippen LogP contribution in [0.3, 0.4) is 0 Å². The molecular weight excluding hydrogens is 243 g/mol. The maximum absolute atomic E-state index is 13.4. The largest absolute Gasteiger partial charge is 0.484 e. The van der Waals surface area contributed by atoms with Gasteiger partial charge < -0.3 is 4.74 Å². The summed E-state index contributed by atoms with van der Waals surface area (Å²) in [5, 5.41) is 1.04. The number of hydrogen-bond acceptors (Lipinski definition) is 3. The average molecular weight is 254 g/mol. The number of hydrogen-bond donors (Lipinski definition) is 0. The van der Waals surface area contributed by atoms with Crippen molar-refractivity contribution in [1.82, 2.24) is 9.97 Å². The molecule has 0 saturated carbocycles. The van der Waals surface area contributed by atoms with Crippen molar-refractivity contribution in [3.63, 3.8) is 0 Å². The Kier molecular flexibility index (Phi) is 3.06. The van der Waals surface area contributed by atoms with Crippen LogP contribution in [0, 0.1) is 5.95 Å². The van der Waals surface area contributed by atoms with Crippen LogP contribution in [0.15, 0.2) is 54.9 Å². The van der Waals surface area contributed by atoms with Crippen molar-refractivity contribution >= 4 is 10.9 Å². The van der Waals surface area contributed by atoms with Gasteiger partial charge in [-0.3, -0.25) is 4.98 Å². The molecule has 2 heterocycles. The highest BCUT2D eigenvalue weighted by Gasteiger charge is 2.06. The van der Waals surface area contributed by atoms with E-state index in [-0.39, 0.29) is 12.4 Å². The summed E-state index contributed by atoms with van der Waals surface area (Å²) in [6, 6.07) is 12.9. The van der Waals surface area contributed by atoms with Crippen molar-refractivity contribution in [2.45, 2.75) is 6.61 Å². The van der Waals surface area contributed by atoms with Crippen LogP contribution < -0.4 is 4.74 Å². The van der Waals surface area contributed by atoms with Gasteiger partial charge in [-0.05, 0) is 18.2 Å². The van der Waals surface area contributed by atoms with Gasteiger partial charge in [-0.1, -0.05) is 24.3 Å². The van der Waals surface area contributed by atoms with Crippen molar-refractivity contribution < 1.29 is 9.13 Å². The fraction of sp³-hybridized carbons (Fsp3) is 0.0667. The zero-order valence-electron chi connectivity index (χ0n) is 10.1. The van der Waals surface area contributed by atoms with Crippen molar-refractivity contribution in [2.75, 3.05) is 0 Å². The van der Waals surface area contributed by atoms with Gasteiger partial charge in [0.05, 0.1) is 5.52 Å². The Morgan fingerprint density at radius 2 is 1.74 bits per heavy atom. The fourth-order valence-corrected chi connectivity index (χ4v) is 1.92. The molecule has 0 atom stereocenters. The molecule has 0 radical (unpaired) electrons. The molecule has 0 bridgehead atoms. The minimum atomic E-state index is -0.601. The molecule has 3 aromatic rings. The molecular formula is C15H11FN2O. The third kappa shape index (κ3) is 2.38. The molecule has 2 aromatic heterocycles. The van der Waals surface area contributed by atoms with Crippen LogP contribution in [0.2, 0.25) is 0 Å². The topological polar surface area (TPSA) is 35.0 Å². The first-order chi connectivity index (χ1) is 9.34. The molecule has 19 heavy (non-hydrogen) atoms. The molecule has 0 amide bonds. The number of pyridine rings is 2. The quantitative estimate of drug-likeness (QED) is 0.672. The highest BCUT2D eigenvalue weighted by molar-refractivity contribution is 5.81. The van der Waals surface area contributed by atoms with Crippen molar-refractivity contribution in [3.8, 4) is 5.75 Å². The van der Waals surface area contributed by atoms with Crippen LogP contribution in [0.25, 0.3) is 10.9 Å². The van der Waals surface area contributed by atoms with E-state index in [0.29, 0.717) is 0 Å². The Morgan fingerprint density at radius 1 is 0.947 bits per heavy atom. The van der Waals surface area contributed by atoms with Crippen LogP contribution >= 0.6 is 0 Å². The lowest BCUT2D eigenvalue weighted by atomic mass is 10.1. The molecule has 0 aliphatic heterocycles. The summed E-state index contributed by atoms with van der Waals surface area (Å²) in [5.74, 6) is -0.453. The van der Waals surface area contributed by atoms with Gasteiger partial charge in [0.1, 0.15) is 6.61 Å². The molecule has 0 unspecified atom stereocenters. The molecule has 0 aliphatic rings. The molecule has 3 rings (SSSR count). The summed E-state index contributed by atoms with van der Waals surface area (Å²) in [4.78, 5) is 7.87. The van der Waals surface area contributed by atoms with Gasteiger partial charge in [0.25, 0.3) is 5.95 Å². The number of fused-ring (bicyclic) bond motifs is 1. The average Bonchev–Trinajstić information content (AvgIpc) is 2.46. The van der Waals surface area contributed by atoms with Gasteiger partial charge >= 0.3 is 0 Å². The van der Waals surface area contributed by atoms with E-state index in [0.717, 1.165) is 16.5 Å². The molecule has 3 nitrogen and oxygen atoms in total. The molecule has 94 valence electrons. The van der Waals surface area contributed by atoms with Crippen LogP contribution in [-0.4, -0.2) is 9.97 Å². The predicted octanol–water partition coefficient (Wildman–Crippen LogP) is 3.35. The summed E-state index contributed by atoms with van der Waals surface area (Å²) in [5.41, 5.74) is 1.79. The van der Waals surface area contributed by atoms with E-state index in [4.69, 9.17) is 4.74 Å². The molecule has 0 aliphatic carbocycles. The van der Waals surface area contributed by atoms with Gasteiger partial charge in [-0.15, -0.1) is 0 Å². The van der Waals surface area contributed by atoms with Gasteiger partial charge in [0, 0.05) is 23.3 Å². The maximum atomic E-state index is 13.4. The Hall–Kier alpha value is -2.49. The summed E-state index contributed by atoms with van der Waals surface area (Å²) >= 11 is 0. The second kappa shape index (κ2) is 5.02. The lowest BCUT2D eigenvalue weighted by Gasteiger charge is -2.08. The maximum Gasteiger partial charge on any atom is 0.255 e. The van der Waals surface area contributed by atoms with E-state index >= 15 is 0 Å². The first kappa shape index (κ1) is 11.6. The van der Waals surface area contributed by atoms with Crippen molar-refractivity contribution in [3.05, 3.63) is 66.4 Å². The fourth-order valence-electron chi connectivity index (χ4n) is 1.92. The van der Waals surface area contributed by atoms with E-state index in [2.05, 4.69) is 9.97 Å². The predicted molar refractivity (Wildman–Crippen MR) is 70.3 cm³/mol. The van der Waals surface area contributed by atoms with Gasteiger partial charge in [0.2, 0.25) is 0 Å². The summed E-state index contributed by atoms with van der Waals surface area (Å²) < 4.78 is 18.8. The van der Waals surface area contributed by atoms with Crippen molar-refractivity contribution in [1.29, 1.82) is 0 Å². The number of halogens is 1. The van der Waals surface area contributed by atoms with E-state index in [9.17, 15) is 4.39 Å². The number of ether oxygens (including phenoxy) is 1. The molecule has 0 saturated heterocycles. The molecule has 4 heteroatoms. The van der Waals surface area contributed by atoms with Gasteiger partial charge in [-0.25, -0.2) is 4.98 Å². The lowest BCUT2D eigenvalue weighted by Crippen LogP contribution is -1.99. The van der Waals surface area contributed by atoms with Gasteiger partial charge in [-0.2, -0.15) is 4.39 Å².